The van der Waals surface area contributed by atoms with E-state index in [1.54, 1.807) is 11.1 Å². The maximum Gasteiger partial charge on any atom is 0.0291 e. The number of rotatable bonds is 3. The Kier molecular flexibility index (Phi) is 3.79. The Balaban J connectivity index is 2.47. The molecule has 1 aromatic carbocycles. The average Bonchev–Trinajstić information content (AvgIpc) is 2.35. The summed E-state index contributed by atoms with van der Waals surface area (Å²) >= 11 is 0. The molecule has 0 heterocycles. The molecular formula is C18H29N. The molecule has 19 heavy (non-hydrogen) atoms. The molecule has 1 heteroatoms. The molecule has 1 aliphatic carbocycles. The molecule has 0 saturated heterocycles. The van der Waals surface area contributed by atoms with Crippen LogP contribution in [0.1, 0.15) is 77.1 Å². The summed E-state index contributed by atoms with van der Waals surface area (Å²) in [4.78, 5) is 0. The molecule has 1 N–H and O–H groups in total. The first-order valence-electron chi connectivity index (χ1n) is 7.66. The topological polar surface area (TPSA) is 12.0 Å². The predicted octanol–water partition coefficient (Wildman–Crippen LogP) is 4.71. The third-order valence-electron chi connectivity index (χ3n) is 4.89. The smallest absolute Gasteiger partial charge is 0.0291 e. The molecule has 2 rings (SSSR count). The largest absolute Gasteiger partial charge is 0.310 e. The van der Waals surface area contributed by atoms with Gasteiger partial charge in [0.25, 0.3) is 0 Å². The Hall–Kier alpha value is -0.820. The van der Waals surface area contributed by atoms with Crippen LogP contribution in [0.4, 0.5) is 0 Å². The Morgan fingerprint density at radius 2 is 1.63 bits per heavy atom. The van der Waals surface area contributed by atoms with Crippen molar-refractivity contribution in [1.82, 2.24) is 5.32 Å². The first-order valence-corrected chi connectivity index (χ1v) is 7.66. The van der Waals surface area contributed by atoms with E-state index in [0.29, 0.717) is 16.9 Å². The van der Waals surface area contributed by atoms with E-state index >= 15 is 0 Å². The zero-order chi connectivity index (χ0) is 14.3. The van der Waals surface area contributed by atoms with Crippen molar-refractivity contribution in [2.45, 2.75) is 71.3 Å². The summed E-state index contributed by atoms with van der Waals surface area (Å²) in [6.45, 7) is 15.0. The van der Waals surface area contributed by atoms with Gasteiger partial charge in [0.2, 0.25) is 0 Å². The first-order chi connectivity index (χ1) is 8.78. The number of fused-ring (bicyclic) bond motifs is 1. The van der Waals surface area contributed by atoms with Gasteiger partial charge in [-0.1, -0.05) is 52.8 Å². The summed E-state index contributed by atoms with van der Waals surface area (Å²) in [7, 11) is 0. The van der Waals surface area contributed by atoms with Crippen molar-refractivity contribution < 1.29 is 0 Å². The molecule has 0 spiro atoms. The highest BCUT2D eigenvalue weighted by molar-refractivity contribution is 5.44. The van der Waals surface area contributed by atoms with Crippen molar-refractivity contribution in [2.75, 3.05) is 6.54 Å². The van der Waals surface area contributed by atoms with E-state index in [4.69, 9.17) is 0 Å². The summed E-state index contributed by atoms with van der Waals surface area (Å²) in [5, 5.41) is 3.52. The quantitative estimate of drug-likeness (QED) is 0.829. The van der Waals surface area contributed by atoms with Crippen molar-refractivity contribution in [3.63, 3.8) is 0 Å². The second-order valence-electron chi connectivity index (χ2n) is 7.35. The van der Waals surface area contributed by atoms with Crippen molar-refractivity contribution in [3.8, 4) is 0 Å². The molecule has 1 nitrogen and oxygen atoms in total. The standard InChI is InChI=1S/C18H29N/c1-7-19-13(2)14-8-9-15-16(12-14)18(5,6)11-10-17(15,3)4/h8-9,12-13,19H,7,10-11H2,1-6H3/t13-/m1/s1. The number of hydrogen-bond donors (Lipinski definition) is 1. The maximum absolute atomic E-state index is 3.52. The van der Waals surface area contributed by atoms with Gasteiger partial charge in [0.05, 0.1) is 0 Å². The van der Waals surface area contributed by atoms with Crippen LogP contribution in [-0.4, -0.2) is 6.54 Å². The molecule has 0 amide bonds. The van der Waals surface area contributed by atoms with E-state index in [0.717, 1.165) is 6.54 Å². The van der Waals surface area contributed by atoms with Crippen LogP contribution in [-0.2, 0) is 10.8 Å². The molecule has 0 aromatic heterocycles. The van der Waals surface area contributed by atoms with Crippen molar-refractivity contribution in [2.24, 2.45) is 0 Å². The van der Waals surface area contributed by atoms with Crippen molar-refractivity contribution in [1.29, 1.82) is 0 Å². The van der Waals surface area contributed by atoms with E-state index in [-0.39, 0.29) is 0 Å². The van der Waals surface area contributed by atoms with Gasteiger partial charge in [-0.05, 0) is 53.8 Å². The molecule has 0 unspecified atom stereocenters. The lowest BCUT2D eigenvalue weighted by molar-refractivity contribution is 0.331. The van der Waals surface area contributed by atoms with E-state index in [1.165, 1.54) is 18.4 Å². The van der Waals surface area contributed by atoms with Crippen LogP contribution >= 0.6 is 0 Å². The highest BCUT2D eigenvalue weighted by Gasteiger charge is 2.37. The molecular weight excluding hydrogens is 230 g/mol. The second kappa shape index (κ2) is 4.94. The minimum atomic E-state index is 0.312. The molecule has 0 saturated carbocycles. The van der Waals surface area contributed by atoms with Gasteiger partial charge in [-0.15, -0.1) is 0 Å². The molecule has 1 aromatic rings. The van der Waals surface area contributed by atoms with Crippen LogP contribution in [0.5, 0.6) is 0 Å². The number of hydrogen-bond acceptors (Lipinski definition) is 1. The highest BCUT2D eigenvalue weighted by atomic mass is 14.9. The van der Waals surface area contributed by atoms with Crippen LogP contribution in [0.25, 0.3) is 0 Å². The zero-order valence-corrected chi connectivity index (χ0v) is 13.4. The van der Waals surface area contributed by atoms with Gasteiger partial charge < -0.3 is 5.32 Å². The van der Waals surface area contributed by atoms with E-state index in [2.05, 4.69) is 65.1 Å². The van der Waals surface area contributed by atoms with Crippen LogP contribution in [0, 0.1) is 0 Å². The van der Waals surface area contributed by atoms with Gasteiger partial charge in [-0.25, -0.2) is 0 Å². The van der Waals surface area contributed by atoms with Crippen LogP contribution < -0.4 is 5.32 Å². The molecule has 106 valence electrons. The minimum Gasteiger partial charge on any atom is -0.310 e. The van der Waals surface area contributed by atoms with E-state index in [1.807, 2.05) is 0 Å². The average molecular weight is 259 g/mol. The SMILES string of the molecule is CCN[C@H](C)c1ccc2c(c1)C(C)(C)CCC2(C)C. The van der Waals surface area contributed by atoms with Gasteiger partial charge in [-0.3, -0.25) is 0 Å². The number of nitrogens with one attached hydrogen (secondary N) is 1. The van der Waals surface area contributed by atoms with Crippen molar-refractivity contribution >= 4 is 0 Å². The fourth-order valence-corrected chi connectivity index (χ4v) is 3.30. The Morgan fingerprint density at radius 1 is 1.05 bits per heavy atom. The van der Waals surface area contributed by atoms with Gasteiger partial charge >= 0.3 is 0 Å². The van der Waals surface area contributed by atoms with E-state index < -0.39 is 0 Å². The fraction of sp³-hybridized carbons (Fsp3) is 0.667. The summed E-state index contributed by atoms with van der Waals surface area (Å²) < 4.78 is 0. The second-order valence-corrected chi connectivity index (χ2v) is 7.35. The van der Waals surface area contributed by atoms with Gasteiger partial charge in [-0.2, -0.15) is 0 Å². The van der Waals surface area contributed by atoms with Crippen molar-refractivity contribution in [3.05, 3.63) is 34.9 Å². The third kappa shape index (κ3) is 2.72. The summed E-state index contributed by atoms with van der Waals surface area (Å²) in [5.74, 6) is 0. The Morgan fingerprint density at radius 3 is 2.21 bits per heavy atom. The molecule has 1 aliphatic rings. The first kappa shape index (κ1) is 14.6. The minimum absolute atomic E-state index is 0.312. The lowest BCUT2D eigenvalue weighted by Crippen LogP contribution is -2.34. The number of benzene rings is 1. The molecule has 1 atom stereocenters. The maximum atomic E-state index is 3.52. The summed E-state index contributed by atoms with van der Waals surface area (Å²) in [5.41, 5.74) is 5.17. The Labute approximate surface area is 118 Å². The van der Waals surface area contributed by atoms with Gasteiger partial charge in [0.1, 0.15) is 0 Å². The summed E-state index contributed by atoms with van der Waals surface area (Å²) in [6, 6.07) is 7.58. The lowest BCUT2D eigenvalue weighted by Gasteiger charge is -2.42. The molecule has 0 radical (unpaired) electrons. The van der Waals surface area contributed by atoms with Crippen LogP contribution in [0.15, 0.2) is 18.2 Å². The normalized spacial score (nSPS) is 21.8. The van der Waals surface area contributed by atoms with Crippen LogP contribution in [0.2, 0.25) is 0 Å². The predicted molar refractivity (Wildman–Crippen MR) is 83.8 cm³/mol. The highest BCUT2D eigenvalue weighted by Crippen LogP contribution is 2.46. The lowest BCUT2D eigenvalue weighted by atomic mass is 9.63. The van der Waals surface area contributed by atoms with E-state index in [9.17, 15) is 0 Å². The fourth-order valence-electron chi connectivity index (χ4n) is 3.30. The molecule has 0 aliphatic heterocycles. The molecule has 0 bridgehead atoms. The van der Waals surface area contributed by atoms with Crippen LogP contribution in [0.3, 0.4) is 0 Å². The Bertz CT molecular complexity index is 457. The van der Waals surface area contributed by atoms with Gasteiger partial charge in [0, 0.05) is 6.04 Å². The monoisotopic (exact) mass is 259 g/mol. The third-order valence-corrected chi connectivity index (χ3v) is 4.89. The summed E-state index contributed by atoms with van der Waals surface area (Å²) in [6.07, 6.45) is 2.57. The van der Waals surface area contributed by atoms with Gasteiger partial charge in [0.15, 0.2) is 0 Å². The zero-order valence-electron chi connectivity index (χ0n) is 13.4. The molecule has 0 fully saturated rings.